The third kappa shape index (κ3) is 3.23. The Balaban J connectivity index is 2.67. The second-order valence-corrected chi connectivity index (χ2v) is 9.37. The highest BCUT2D eigenvalue weighted by Crippen LogP contribution is 2.24. The Morgan fingerprint density at radius 3 is 2.00 bits per heavy atom. The lowest BCUT2D eigenvalue weighted by Crippen LogP contribution is -2.59. The van der Waals surface area contributed by atoms with Crippen molar-refractivity contribution >= 4 is 8.32 Å². The molecule has 5 nitrogen and oxygen atoms in total. The summed E-state index contributed by atoms with van der Waals surface area (Å²) in [5.41, 5.74) is 0. The molecule has 3 N–H and O–H groups in total. The van der Waals surface area contributed by atoms with Crippen LogP contribution in [0.2, 0.25) is 19.6 Å². The molecular formula is C9H20O5Si. The first-order chi connectivity index (χ1) is 6.72. The molecular weight excluding hydrogens is 216 g/mol. The minimum Gasteiger partial charge on any atom is -0.391 e. The molecule has 5 atom stereocenters. The summed E-state index contributed by atoms with van der Waals surface area (Å²) in [7, 11) is -1.85. The van der Waals surface area contributed by atoms with Crippen LogP contribution in [0.15, 0.2) is 0 Å². The summed E-state index contributed by atoms with van der Waals surface area (Å²) in [6, 6.07) is 0. The third-order valence-electron chi connectivity index (χ3n) is 2.28. The van der Waals surface area contributed by atoms with E-state index in [1.165, 1.54) is 0 Å². The maximum Gasteiger partial charge on any atom is 0.187 e. The summed E-state index contributed by atoms with van der Waals surface area (Å²) in [6.07, 6.45) is -4.85. The minimum absolute atomic E-state index is 0.537. The summed E-state index contributed by atoms with van der Waals surface area (Å²) < 4.78 is 10.9. The molecule has 0 aliphatic carbocycles. The molecule has 0 amide bonds. The van der Waals surface area contributed by atoms with Gasteiger partial charge in [-0.15, -0.1) is 0 Å². The van der Waals surface area contributed by atoms with E-state index >= 15 is 0 Å². The topological polar surface area (TPSA) is 79.2 Å². The van der Waals surface area contributed by atoms with Crippen LogP contribution in [0.25, 0.3) is 0 Å². The molecule has 0 aromatic carbocycles. The van der Waals surface area contributed by atoms with E-state index < -0.39 is 39.0 Å². The predicted molar refractivity (Wildman–Crippen MR) is 56.8 cm³/mol. The summed E-state index contributed by atoms with van der Waals surface area (Å²) in [4.78, 5) is 0. The Labute approximate surface area is 90.8 Å². The first-order valence-corrected chi connectivity index (χ1v) is 8.50. The van der Waals surface area contributed by atoms with Gasteiger partial charge in [-0.25, -0.2) is 0 Å². The predicted octanol–water partition coefficient (Wildman–Crippen LogP) is -0.335. The molecule has 0 aromatic rings. The zero-order chi connectivity index (χ0) is 11.8. The first-order valence-electron chi connectivity index (χ1n) is 5.10. The molecule has 0 bridgehead atoms. The van der Waals surface area contributed by atoms with E-state index in [4.69, 9.17) is 9.16 Å². The molecule has 6 heteroatoms. The van der Waals surface area contributed by atoms with E-state index in [-0.39, 0.29) is 0 Å². The van der Waals surface area contributed by atoms with Gasteiger partial charge in [0.25, 0.3) is 0 Å². The van der Waals surface area contributed by atoms with Crippen molar-refractivity contribution in [1.82, 2.24) is 0 Å². The van der Waals surface area contributed by atoms with Crippen LogP contribution in [0.5, 0.6) is 0 Å². The maximum atomic E-state index is 9.65. The summed E-state index contributed by atoms with van der Waals surface area (Å²) in [6.45, 7) is 7.53. The molecule has 90 valence electrons. The zero-order valence-corrected chi connectivity index (χ0v) is 10.5. The molecule has 1 heterocycles. The van der Waals surface area contributed by atoms with Gasteiger partial charge in [0.2, 0.25) is 0 Å². The highest BCUT2D eigenvalue weighted by atomic mass is 28.4. The molecule has 1 aliphatic heterocycles. The summed E-state index contributed by atoms with van der Waals surface area (Å²) in [5.74, 6) is 0. The Morgan fingerprint density at radius 2 is 1.53 bits per heavy atom. The van der Waals surface area contributed by atoms with Crippen molar-refractivity contribution in [2.45, 2.75) is 57.3 Å². The summed E-state index contributed by atoms with van der Waals surface area (Å²) >= 11 is 0. The van der Waals surface area contributed by atoms with Gasteiger partial charge >= 0.3 is 0 Å². The van der Waals surface area contributed by atoms with Gasteiger partial charge in [0.1, 0.15) is 18.3 Å². The number of rotatable bonds is 2. The van der Waals surface area contributed by atoms with Gasteiger partial charge in [-0.1, -0.05) is 0 Å². The third-order valence-corrected chi connectivity index (χ3v) is 3.22. The number of ether oxygens (including phenoxy) is 1. The highest BCUT2D eigenvalue weighted by molar-refractivity contribution is 6.69. The Hall–Kier alpha value is 0.0169. The van der Waals surface area contributed by atoms with Gasteiger partial charge in [-0.05, 0) is 26.6 Å². The average Bonchev–Trinajstić information content (AvgIpc) is 2.08. The van der Waals surface area contributed by atoms with Gasteiger partial charge < -0.3 is 24.5 Å². The van der Waals surface area contributed by atoms with E-state index in [0.29, 0.717) is 0 Å². The molecule has 0 radical (unpaired) electrons. The molecule has 1 fully saturated rings. The van der Waals surface area contributed by atoms with Crippen molar-refractivity contribution in [3.05, 3.63) is 0 Å². The number of hydrogen-bond acceptors (Lipinski definition) is 5. The van der Waals surface area contributed by atoms with Crippen LogP contribution >= 0.6 is 0 Å². The second kappa shape index (κ2) is 4.48. The molecule has 1 rings (SSSR count). The first kappa shape index (κ1) is 13.1. The van der Waals surface area contributed by atoms with Crippen molar-refractivity contribution < 1.29 is 24.5 Å². The van der Waals surface area contributed by atoms with E-state index in [1.807, 2.05) is 19.6 Å². The lowest BCUT2D eigenvalue weighted by molar-refractivity contribution is -0.270. The fourth-order valence-electron chi connectivity index (χ4n) is 1.46. The zero-order valence-electron chi connectivity index (χ0n) is 9.54. The molecule has 0 aromatic heterocycles. The summed E-state index contributed by atoms with van der Waals surface area (Å²) in [5, 5.41) is 28.6. The Bertz CT molecular complexity index is 217. The van der Waals surface area contributed by atoms with Gasteiger partial charge in [-0.3, -0.25) is 0 Å². The van der Waals surface area contributed by atoms with Crippen LogP contribution < -0.4 is 0 Å². The van der Waals surface area contributed by atoms with Crippen molar-refractivity contribution in [2.24, 2.45) is 0 Å². The Morgan fingerprint density at radius 1 is 1.00 bits per heavy atom. The molecule has 1 aliphatic rings. The molecule has 0 saturated carbocycles. The monoisotopic (exact) mass is 236 g/mol. The Kier molecular flexibility index (Phi) is 3.91. The number of aliphatic hydroxyl groups is 3. The van der Waals surface area contributed by atoms with E-state index in [9.17, 15) is 15.3 Å². The van der Waals surface area contributed by atoms with E-state index in [1.54, 1.807) is 6.92 Å². The lowest BCUT2D eigenvalue weighted by Gasteiger charge is -2.41. The van der Waals surface area contributed by atoms with Crippen LogP contribution in [-0.4, -0.2) is 54.3 Å². The van der Waals surface area contributed by atoms with Crippen LogP contribution in [0.4, 0.5) is 0 Å². The lowest BCUT2D eigenvalue weighted by atomic mass is 10.0. The molecule has 0 spiro atoms. The molecule has 15 heavy (non-hydrogen) atoms. The second-order valence-electron chi connectivity index (χ2n) is 4.91. The van der Waals surface area contributed by atoms with Gasteiger partial charge in [0.15, 0.2) is 14.6 Å². The van der Waals surface area contributed by atoms with Crippen LogP contribution in [0.3, 0.4) is 0 Å². The fraction of sp³-hybridized carbons (Fsp3) is 1.00. The van der Waals surface area contributed by atoms with E-state index in [0.717, 1.165) is 0 Å². The fourth-order valence-corrected chi connectivity index (χ4v) is 2.35. The number of aliphatic hydroxyl groups excluding tert-OH is 3. The van der Waals surface area contributed by atoms with Crippen molar-refractivity contribution in [3.63, 3.8) is 0 Å². The van der Waals surface area contributed by atoms with Crippen LogP contribution in [0, 0.1) is 0 Å². The standard InChI is InChI=1S/C9H20O5Si/c1-5-6(10)7(11)8(12)9(13-5)14-15(2,3)4/h5-12H,1-4H3/t5-,6-,7+,8+,9?/m0/s1. The van der Waals surface area contributed by atoms with Crippen LogP contribution in [0.1, 0.15) is 6.92 Å². The van der Waals surface area contributed by atoms with Crippen molar-refractivity contribution in [3.8, 4) is 0 Å². The van der Waals surface area contributed by atoms with Crippen molar-refractivity contribution in [2.75, 3.05) is 0 Å². The highest BCUT2D eigenvalue weighted by Gasteiger charge is 2.43. The van der Waals surface area contributed by atoms with Gasteiger partial charge in [-0.2, -0.15) is 0 Å². The average molecular weight is 236 g/mol. The largest absolute Gasteiger partial charge is 0.391 e. The van der Waals surface area contributed by atoms with Gasteiger partial charge in [0.05, 0.1) is 6.10 Å². The quantitative estimate of drug-likeness (QED) is 0.572. The maximum absolute atomic E-state index is 9.65. The minimum atomic E-state index is -1.85. The smallest absolute Gasteiger partial charge is 0.187 e. The molecule has 1 unspecified atom stereocenters. The SMILES string of the molecule is C[C@@H]1OC(O[Si](C)(C)C)[C@H](O)[C@H](O)[C@H]1O. The number of hydrogen-bond donors (Lipinski definition) is 3. The van der Waals surface area contributed by atoms with E-state index in [2.05, 4.69) is 0 Å². The molecule has 1 saturated heterocycles. The normalized spacial score (nSPS) is 43.0. The van der Waals surface area contributed by atoms with Gasteiger partial charge in [0, 0.05) is 0 Å². The van der Waals surface area contributed by atoms with Crippen LogP contribution in [-0.2, 0) is 9.16 Å². The van der Waals surface area contributed by atoms with Crippen molar-refractivity contribution in [1.29, 1.82) is 0 Å².